The van der Waals surface area contributed by atoms with E-state index in [1.54, 1.807) is 0 Å². The number of imidazole rings is 1. The number of aryl methyl sites for hydroxylation is 1. The van der Waals surface area contributed by atoms with Gasteiger partial charge in [0.25, 0.3) is 0 Å². The highest BCUT2D eigenvalue weighted by atomic mass is 16.5. The second-order valence-corrected chi connectivity index (χ2v) is 6.36. The number of rotatable bonds is 5. The molecule has 2 aromatic rings. The highest BCUT2D eigenvalue weighted by Gasteiger charge is 2.29. The predicted molar refractivity (Wildman–Crippen MR) is 83.5 cm³/mol. The summed E-state index contributed by atoms with van der Waals surface area (Å²) in [7, 11) is 2.03. The molecular formula is C17H23N3O. The number of nitrogens with one attached hydrogen (secondary N) is 1. The maximum Gasteiger partial charge on any atom is 0.123 e. The van der Waals surface area contributed by atoms with E-state index in [4.69, 9.17) is 4.74 Å². The number of benzene rings is 1. The van der Waals surface area contributed by atoms with Crippen LogP contribution in [0.5, 0.6) is 5.75 Å². The second kappa shape index (κ2) is 5.53. The largest absolute Gasteiger partial charge is 0.487 e. The lowest BCUT2D eigenvalue weighted by Gasteiger charge is -2.16. The van der Waals surface area contributed by atoms with Gasteiger partial charge >= 0.3 is 0 Å². The molecule has 0 saturated heterocycles. The molecule has 1 aromatic carbocycles. The monoisotopic (exact) mass is 285 g/mol. The zero-order chi connectivity index (χ0) is 14.9. The van der Waals surface area contributed by atoms with Gasteiger partial charge in [0.1, 0.15) is 17.2 Å². The van der Waals surface area contributed by atoms with E-state index in [-0.39, 0.29) is 5.60 Å². The van der Waals surface area contributed by atoms with Crippen molar-refractivity contribution in [2.75, 3.05) is 6.54 Å². The Hall–Kier alpha value is -1.81. The molecule has 0 bridgehead atoms. The van der Waals surface area contributed by atoms with Crippen LogP contribution in [0.1, 0.15) is 30.8 Å². The van der Waals surface area contributed by atoms with Gasteiger partial charge < -0.3 is 14.6 Å². The van der Waals surface area contributed by atoms with Crippen LogP contribution in [0, 0.1) is 0 Å². The minimum Gasteiger partial charge on any atom is -0.487 e. The molecule has 1 aliphatic rings. The molecule has 0 fully saturated rings. The molecule has 4 nitrogen and oxygen atoms in total. The van der Waals surface area contributed by atoms with Crippen LogP contribution in [-0.2, 0) is 26.4 Å². The van der Waals surface area contributed by atoms with Gasteiger partial charge in [0.05, 0.1) is 0 Å². The SMILES string of the molecule is Cn1ccnc1CCNCc1ccc2c(c1)CC(C)(C)O2. The van der Waals surface area contributed by atoms with Gasteiger partial charge in [-0.15, -0.1) is 0 Å². The summed E-state index contributed by atoms with van der Waals surface area (Å²) >= 11 is 0. The summed E-state index contributed by atoms with van der Waals surface area (Å²) in [6, 6.07) is 6.51. The lowest BCUT2D eigenvalue weighted by Crippen LogP contribution is -2.24. The Balaban J connectivity index is 1.52. The van der Waals surface area contributed by atoms with Crippen molar-refractivity contribution >= 4 is 0 Å². The van der Waals surface area contributed by atoms with Gasteiger partial charge in [-0.05, 0) is 31.0 Å². The molecule has 3 rings (SSSR count). The standard InChI is InChI=1S/C17H23N3O/c1-17(2)11-14-10-13(4-5-15(14)21-17)12-18-7-6-16-19-8-9-20(16)3/h4-5,8-10,18H,6-7,11-12H2,1-3H3. The molecular weight excluding hydrogens is 262 g/mol. The van der Waals surface area contributed by atoms with Crippen molar-refractivity contribution in [1.29, 1.82) is 0 Å². The van der Waals surface area contributed by atoms with Crippen molar-refractivity contribution in [1.82, 2.24) is 14.9 Å². The summed E-state index contributed by atoms with van der Waals surface area (Å²) in [6.45, 7) is 6.09. The molecule has 0 atom stereocenters. The minimum atomic E-state index is -0.0629. The molecule has 1 aromatic heterocycles. The fourth-order valence-corrected chi connectivity index (χ4v) is 2.84. The maximum atomic E-state index is 5.91. The molecule has 0 unspecified atom stereocenters. The van der Waals surface area contributed by atoms with Crippen LogP contribution in [0.4, 0.5) is 0 Å². The highest BCUT2D eigenvalue weighted by molar-refractivity contribution is 5.41. The van der Waals surface area contributed by atoms with Gasteiger partial charge in [0.15, 0.2) is 0 Å². The van der Waals surface area contributed by atoms with Gasteiger partial charge in [-0.3, -0.25) is 0 Å². The van der Waals surface area contributed by atoms with E-state index in [1.807, 2.05) is 19.4 Å². The predicted octanol–water partition coefficient (Wildman–Crippen LogP) is 2.47. The third kappa shape index (κ3) is 3.27. The molecule has 2 heterocycles. The highest BCUT2D eigenvalue weighted by Crippen LogP contribution is 2.35. The molecule has 0 saturated carbocycles. The van der Waals surface area contributed by atoms with Gasteiger partial charge in [0.2, 0.25) is 0 Å². The van der Waals surface area contributed by atoms with E-state index in [9.17, 15) is 0 Å². The van der Waals surface area contributed by atoms with E-state index in [2.05, 4.69) is 46.9 Å². The Labute approximate surface area is 126 Å². The third-order valence-electron chi connectivity index (χ3n) is 3.90. The zero-order valence-corrected chi connectivity index (χ0v) is 13.0. The van der Waals surface area contributed by atoms with Crippen LogP contribution in [0.3, 0.4) is 0 Å². The van der Waals surface area contributed by atoms with Gasteiger partial charge in [0, 0.05) is 45.4 Å². The van der Waals surface area contributed by atoms with Crippen LogP contribution < -0.4 is 10.1 Å². The Morgan fingerprint density at radius 3 is 3.00 bits per heavy atom. The smallest absolute Gasteiger partial charge is 0.123 e. The maximum absolute atomic E-state index is 5.91. The molecule has 4 heteroatoms. The minimum absolute atomic E-state index is 0.0629. The fraction of sp³-hybridized carbons (Fsp3) is 0.471. The molecule has 0 spiro atoms. The van der Waals surface area contributed by atoms with Crippen molar-refractivity contribution in [2.45, 2.75) is 38.8 Å². The van der Waals surface area contributed by atoms with Crippen molar-refractivity contribution in [3.63, 3.8) is 0 Å². The van der Waals surface area contributed by atoms with E-state index < -0.39 is 0 Å². The number of hydrogen-bond acceptors (Lipinski definition) is 3. The normalized spacial score (nSPS) is 15.8. The van der Waals surface area contributed by atoms with Crippen molar-refractivity contribution in [3.8, 4) is 5.75 Å². The third-order valence-corrected chi connectivity index (χ3v) is 3.90. The van der Waals surface area contributed by atoms with E-state index in [0.717, 1.165) is 37.5 Å². The Morgan fingerprint density at radius 1 is 1.38 bits per heavy atom. The lowest BCUT2D eigenvalue weighted by molar-refractivity contribution is 0.138. The first-order valence-electron chi connectivity index (χ1n) is 7.51. The van der Waals surface area contributed by atoms with Crippen molar-refractivity contribution in [2.24, 2.45) is 7.05 Å². The lowest BCUT2D eigenvalue weighted by atomic mass is 10.0. The topological polar surface area (TPSA) is 39.1 Å². The van der Waals surface area contributed by atoms with Crippen LogP contribution in [0.15, 0.2) is 30.6 Å². The first-order valence-corrected chi connectivity index (χ1v) is 7.51. The summed E-state index contributed by atoms with van der Waals surface area (Å²) in [6.07, 6.45) is 5.77. The molecule has 0 aliphatic carbocycles. The van der Waals surface area contributed by atoms with Crippen molar-refractivity contribution in [3.05, 3.63) is 47.5 Å². The molecule has 0 radical (unpaired) electrons. The fourth-order valence-electron chi connectivity index (χ4n) is 2.84. The number of fused-ring (bicyclic) bond motifs is 1. The van der Waals surface area contributed by atoms with E-state index in [1.165, 1.54) is 11.1 Å². The number of nitrogens with zero attached hydrogens (tertiary/aromatic N) is 2. The number of aromatic nitrogens is 2. The van der Waals surface area contributed by atoms with Crippen LogP contribution in [0.2, 0.25) is 0 Å². The molecule has 1 N–H and O–H groups in total. The van der Waals surface area contributed by atoms with Gasteiger partial charge in [-0.2, -0.15) is 0 Å². The van der Waals surface area contributed by atoms with E-state index >= 15 is 0 Å². The van der Waals surface area contributed by atoms with Gasteiger partial charge in [-0.1, -0.05) is 12.1 Å². The summed E-state index contributed by atoms with van der Waals surface area (Å²) in [4.78, 5) is 4.33. The zero-order valence-electron chi connectivity index (χ0n) is 13.0. The summed E-state index contributed by atoms with van der Waals surface area (Å²) in [5, 5.41) is 3.48. The first kappa shape index (κ1) is 14.1. The Kier molecular flexibility index (Phi) is 3.72. The summed E-state index contributed by atoms with van der Waals surface area (Å²) in [5.74, 6) is 2.16. The van der Waals surface area contributed by atoms with Gasteiger partial charge in [-0.25, -0.2) is 4.98 Å². The van der Waals surface area contributed by atoms with Crippen LogP contribution in [-0.4, -0.2) is 21.7 Å². The average molecular weight is 285 g/mol. The second-order valence-electron chi connectivity index (χ2n) is 6.36. The average Bonchev–Trinajstić information content (AvgIpc) is 2.95. The quantitative estimate of drug-likeness (QED) is 0.858. The number of hydrogen-bond donors (Lipinski definition) is 1. The Morgan fingerprint density at radius 2 is 2.24 bits per heavy atom. The van der Waals surface area contributed by atoms with Crippen molar-refractivity contribution < 1.29 is 4.74 Å². The van der Waals surface area contributed by atoms with Crippen LogP contribution >= 0.6 is 0 Å². The molecule has 112 valence electrons. The summed E-state index contributed by atoms with van der Waals surface area (Å²) < 4.78 is 7.97. The molecule has 0 amide bonds. The molecule has 1 aliphatic heterocycles. The number of ether oxygens (including phenoxy) is 1. The summed E-state index contributed by atoms with van der Waals surface area (Å²) in [5.41, 5.74) is 2.57. The van der Waals surface area contributed by atoms with Crippen LogP contribution in [0.25, 0.3) is 0 Å². The Bertz CT molecular complexity index is 631. The first-order chi connectivity index (χ1) is 10.0. The van der Waals surface area contributed by atoms with E-state index in [0.29, 0.717) is 0 Å². The molecule has 21 heavy (non-hydrogen) atoms.